The number of fused-ring (bicyclic) bond motifs is 1. The molecule has 9 heteroatoms. The fourth-order valence-corrected chi connectivity index (χ4v) is 2.23. The molecule has 8 nitrogen and oxygen atoms in total. The molecule has 0 fully saturated rings. The van der Waals surface area contributed by atoms with E-state index in [-0.39, 0.29) is 12.5 Å². The van der Waals surface area contributed by atoms with E-state index in [0.29, 0.717) is 23.1 Å². The molecule has 2 aromatic carbocycles. The molecule has 2 aromatic rings. The van der Waals surface area contributed by atoms with E-state index in [2.05, 4.69) is 16.2 Å². The van der Waals surface area contributed by atoms with Crippen LogP contribution in [0.1, 0.15) is 5.56 Å². The van der Waals surface area contributed by atoms with Crippen molar-refractivity contribution in [1.29, 1.82) is 0 Å². The number of hydrogen-bond donors (Lipinski definition) is 3. The van der Waals surface area contributed by atoms with Crippen molar-refractivity contribution in [3.8, 4) is 11.5 Å². The van der Waals surface area contributed by atoms with Crippen molar-refractivity contribution < 1.29 is 14.4 Å². The van der Waals surface area contributed by atoms with Gasteiger partial charge in [-0.25, -0.2) is 0 Å². The number of hydrogen-bond acceptors (Lipinski definition) is 6. The molecular formula is C15H14N4O4S. The Morgan fingerprint density at radius 2 is 2.04 bits per heavy atom. The van der Waals surface area contributed by atoms with Gasteiger partial charge in [0.15, 0.2) is 16.6 Å². The average molecular weight is 346 g/mol. The predicted octanol–water partition coefficient (Wildman–Crippen LogP) is 2.31. The predicted molar refractivity (Wildman–Crippen MR) is 91.9 cm³/mol. The summed E-state index contributed by atoms with van der Waals surface area (Å²) in [5.41, 5.74) is 7.12. The molecule has 0 saturated heterocycles. The molecular weight excluding hydrogens is 332 g/mol. The van der Waals surface area contributed by atoms with Crippen LogP contribution >= 0.6 is 12.2 Å². The maximum Gasteiger partial charge on any atom is 0.271 e. The van der Waals surface area contributed by atoms with Crippen LogP contribution in [0.4, 0.5) is 11.4 Å². The van der Waals surface area contributed by atoms with Crippen molar-refractivity contribution in [2.24, 2.45) is 0 Å². The highest BCUT2D eigenvalue weighted by Crippen LogP contribution is 2.32. The molecule has 0 atom stereocenters. The molecule has 0 bridgehead atoms. The van der Waals surface area contributed by atoms with Gasteiger partial charge in [0.2, 0.25) is 6.79 Å². The minimum atomic E-state index is -0.457. The zero-order valence-electron chi connectivity index (χ0n) is 12.4. The van der Waals surface area contributed by atoms with E-state index >= 15 is 0 Å². The first kappa shape index (κ1) is 15.8. The number of rotatable bonds is 5. The summed E-state index contributed by atoms with van der Waals surface area (Å²) in [6.07, 6.45) is 0. The van der Waals surface area contributed by atoms with Crippen LogP contribution in [0.3, 0.4) is 0 Å². The van der Waals surface area contributed by atoms with Crippen LogP contribution in [0, 0.1) is 10.1 Å². The van der Waals surface area contributed by atoms with E-state index < -0.39 is 4.92 Å². The van der Waals surface area contributed by atoms with Gasteiger partial charge >= 0.3 is 0 Å². The lowest BCUT2D eigenvalue weighted by molar-refractivity contribution is -0.384. The standard InChI is InChI=1S/C15H14N4O4S/c20-19(21)12-3-1-2-11(7-12)17-18-15(24)16-8-10-4-5-13-14(6-10)23-9-22-13/h1-7,17H,8-9H2,(H2,16,18,24). The number of thiocarbonyl (C=S) groups is 1. The number of nitrogens with one attached hydrogen (secondary N) is 3. The number of nitrogens with zero attached hydrogens (tertiary/aromatic N) is 1. The van der Waals surface area contributed by atoms with Crippen molar-refractivity contribution in [3.05, 3.63) is 58.1 Å². The molecule has 0 unspecified atom stereocenters. The third-order valence-electron chi connectivity index (χ3n) is 3.27. The summed E-state index contributed by atoms with van der Waals surface area (Å²) in [7, 11) is 0. The fourth-order valence-electron chi connectivity index (χ4n) is 2.10. The number of benzene rings is 2. The smallest absolute Gasteiger partial charge is 0.271 e. The maximum absolute atomic E-state index is 10.7. The Morgan fingerprint density at radius 1 is 1.21 bits per heavy atom. The lowest BCUT2D eigenvalue weighted by Crippen LogP contribution is -2.38. The molecule has 0 amide bonds. The Balaban J connectivity index is 1.49. The Labute approximate surface area is 142 Å². The summed E-state index contributed by atoms with van der Waals surface area (Å²) in [6.45, 7) is 0.735. The minimum absolute atomic E-state index is 0.000961. The van der Waals surface area contributed by atoms with Crippen LogP contribution in [0.5, 0.6) is 11.5 Å². The second kappa shape index (κ2) is 7.01. The van der Waals surface area contributed by atoms with E-state index in [4.69, 9.17) is 21.7 Å². The normalized spacial score (nSPS) is 11.7. The molecule has 3 N–H and O–H groups in total. The molecule has 0 saturated carbocycles. The van der Waals surface area contributed by atoms with E-state index in [1.807, 2.05) is 18.2 Å². The molecule has 24 heavy (non-hydrogen) atoms. The second-order valence-corrected chi connectivity index (χ2v) is 5.34. The third kappa shape index (κ3) is 3.82. The Kier molecular flexibility index (Phi) is 4.62. The molecule has 1 aliphatic rings. The molecule has 3 rings (SSSR count). The van der Waals surface area contributed by atoms with Crippen molar-refractivity contribution in [3.63, 3.8) is 0 Å². The van der Waals surface area contributed by atoms with Gasteiger partial charge in [0.25, 0.3) is 5.69 Å². The number of nitro benzene ring substituents is 1. The second-order valence-electron chi connectivity index (χ2n) is 4.93. The molecule has 0 radical (unpaired) electrons. The van der Waals surface area contributed by atoms with Crippen molar-refractivity contribution in [2.75, 3.05) is 12.2 Å². The summed E-state index contributed by atoms with van der Waals surface area (Å²) in [5.74, 6) is 1.44. The SMILES string of the molecule is O=[N+]([O-])c1cccc(NNC(=S)NCc2ccc3c(c2)OCO3)c1. The molecule has 0 spiro atoms. The highest BCUT2D eigenvalue weighted by molar-refractivity contribution is 7.80. The Morgan fingerprint density at radius 3 is 2.88 bits per heavy atom. The molecule has 124 valence electrons. The van der Waals surface area contributed by atoms with Gasteiger partial charge in [-0.3, -0.25) is 21.0 Å². The topological polar surface area (TPSA) is 97.7 Å². The van der Waals surface area contributed by atoms with Gasteiger partial charge in [0.05, 0.1) is 10.6 Å². The first-order chi connectivity index (χ1) is 11.6. The van der Waals surface area contributed by atoms with Crippen molar-refractivity contribution in [2.45, 2.75) is 6.54 Å². The zero-order chi connectivity index (χ0) is 16.9. The number of anilines is 1. The van der Waals surface area contributed by atoms with E-state index in [1.165, 1.54) is 12.1 Å². The first-order valence-electron chi connectivity index (χ1n) is 7.04. The highest BCUT2D eigenvalue weighted by Gasteiger charge is 2.13. The van der Waals surface area contributed by atoms with Crippen LogP contribution in [0.15, 0.2) is 42.5 Å². The summed E-state index contributed by atoms with van der Waals surface area (Å²) in [5, 5.41) is 14.1. The van der Waals surface area contributed by atoms with E-state index in [1.54, 1.807) is 12.1 Å². The van der Waals surface area contributed by atoms with Gasteiger partial charge in [-0.1, -0.05) is 12.1 Å². The van der Waals surface area contributed by atoms with Gasteiger partial charge in [0, 0.05) is 18.7 Å². The van der Waals surface area contributed by atoms with Crippen molar-refractivity contribution in [1.82, 2.24) is 10.7 Å². The number of non-ortho nitro benzene ring substituents is 1. The van der Waals surface area contributed by atoms with Gasteiger partial charge in [-0.05, 0) is 36.0 Å². The Bertz CT molecular complexity index is 784. The monoisotopic (exact) mass is 346 g/mol. The van der Waals surface area contributed by atoms with Gasteiger partial charge in [-0.2, -0.15) is 0 Å². The van der Waals surface area contributed by atoms with Gasteiger partial charge in [0.1, 0.15) is 0 Å². The summed E-state index contributed by atoms with van der Waals surface area (Å²) in [6, 6.07) is 11.8. The summed E-state index contributed by atoms with van der Waals surface area (Å²) < 4.78 is 10.6. The number of nitro groups is 1. The average Bonchev–Trinajstić information content (AvgIpc) is 3.06. The lowest BCUT2D eigenvalue weighted by Gasteiger charge is -2.12. The van der Waals surface area contributed by atoms with E-state index in [9.17, 15) is 10.1 Å². The van der Waals surface area contributed by atoms with Crippen LogP contribution in [-0.2, 0) is 6.54 Å². The first-order valence-corrected chi connectivity index (χ1v) is 7.45. The van der Waals surface area contributed by atoms with Gasteiger partial charge < -0.3 is 14.8 Å². The van der Waals surface area contributed by atoms with Crippen LogP contribution in [0.25, 0.3) is 0 Å². The van der Waals surface area contributed by atoms with Crippen LogP contribution in [0.2, 0.25) is 0 Å². The molecule has 0 aromatic heterocycles. The molecule has 1 heterocycles. The number of hydrazine groups is 1. The van der Waals surface area contributed by atoms with E-state index in [0.717, 1.165) is 11.3 Å². The van der Waals surface area contributed by atoms with Gasteiger partial charge in [-0.15, -0.1) is 0 Å². The van der Waals surface area contributed by atoms with Crippen LogP contribution < -0.4 is 25.6 Å². The third-order valence-corrected chi connectivity index (χ3v) is 3.51. The largest absolute Gasteiger partial charge is 0.454 e. The molecule has 0 aliphatic carbocycles. The maximum atomic E-state index is 10.7. The zero-order valence-corrected chi connectivity index (χ0v) is 13.3. The van der Waals surface area contributed by atoms with Crippen molar-refractivity contribution >= 4 is 28.7 Å². The summed E-state index contributed by atoms with van der Waals surface area (Å²) in [4.78, 5) is 10.3. The molecule has 1 aliphatic heterocycles. The fraction of sp³-hybridized carbons (Fsp3) is 0.133. The summed E-state index contributed by atoms with van der Waals surface area (Å²) >= 11 is 5.16. The lowest BCUT2D eigenvalue weighted by atomic mass is 10.2. The highest BCUT2D eigenvalue weighted by atomic mass is 32.1. The quantitative estimate of drug-likeness (QED) is 0.431. The Hall–Kier alpha value is -3.07. The minimum Gasteiger partial charge on any atom is -0.454 e. The van der Waals surface area contributed by atoms with Crippen LogP contribution in [-0.4, -0.2) is 16.8 Å². The number of ether oxygens (including phenoxy) is 2.